The van der Waals surface area contributed by atoms with Crippen LogP contribution in [-0.4, -0.2) is 59.3 Å². The Morgan fingerprint density at radius 1 is 1.16 bits per heavy atom. The molecule has 1 aromatic heterocycles. The van der Waals surface area contributed by atoms with Gasteiger partial charge in [-0.1, -0.05) is 0 Å². The summed E-state index contributed by atoms with van der Waals surface area (Å²) >= 11 is 0. The molecular formula is C27H30FN5O4. The molecule has 9 nitrogen and oxygen atoms in total. The third-order valence-corrected chi connectivity index (χ3v) is 7.22. The van der Waals surface area contributed by atoms with Crippen molar-refractivity contribution in [2.75, 3.05) is 24.5 Å². The highest BCUT2D eigenvalue weighted by atomic mass is 19.1. The van der Waals surface area contributed by atoms with Crippen LogP contribution in [0.3, 0.4) is 0 Å². The van der Waals surface area contributed by atoms with Crippen LogP contribution in [0.2, 0.25) is 0 Å². The van der Waals surface area contributed by atoms with Crippen molar-refractivity contribution in [3.05, 3.63) is 65.0 Å². The van der Waals surface area contributed by atoms with Gasteiger partial charge in [-0.3, -0.25) is 14.6 Å². The van der Waals surface area contributed by atoms with Gasteiger partial charge >= 0.3 is 0 Å². The maximum Gasteiger partial charge on any atom is 0.255 e. The van der Waals surface area contributed by atoms with Crippen molar-refractivity contribution in [3.8, 4) is 0 Å². The van der Waals surface area contributed by atoms with Crippen molar-refractivity contribution in [2.24, 2.45) is 5.92 Å². The lowest BCUT2D eigenvalue weighted by atomic mass is 9.96. The first kappa shape index (κ1) is 25.1. The van der Waals surface area contributed by atoms with Crippen LogP contribution >= 0.6 is 0 Å². The van der Waals surface area contributed by atoms with Crippen molar-refractivity contribution in [1.82, 2.24) is 15.2 Å². The highest BCUT2D eigenvalue weighted by Gasteiger charge is 2.50. The number of hydrogen-bond acceptors (Lipinski definition) is 6. The van der Waals surface area contributed by atoms with Gasteiger partial charge in [-0.15, -0.1) is 0 Å². The molecule has 2 atom stereocenters. The van der Waals surface area contributed by atoms with Crippen molar-refractivity contribution in [2.45, 2.75) is 57.8 Å². The Bertz CT molecular complexity index is 1210. The van der Waals surface area contributed by atoms with E-state index in [1.54, 1.807) is 37.2 Å². The number of aromatic nitrogens is 1. The van der Waals surface area contributed by atoms with E-state index in [9.17, 15) is 14.0 Å². The minimum atomic E-state index is -1.06. The molecule has 5 rings (SSSR count). The summed E-state index contributed by atoms with van der Waals surface area (Å²) in [5, 5.41) is 2.97. The van der Waals surface area contributed by atoms with E-state index in [1.807, 2.05) is 6.07 Å². The Morgan fingerprint density at radius 2 is 1.89 bits per heavy atom. The normalized spacial score (nSPS) is 23.0. The molecule has 0 unspecified atom stereocenters. The summed E-state index contributed by atoms with van der Waals surface area (Å²) in [5.74, 6) is -1.88. The highest BCUT2D eigenvalue weighted by Crippen LogP contribution is 2.34. The average molecular weight is 508 g/mol. The van der Waals surface area contributed by atoms with Gasteiger partial charge in [0.1, 0.15) is 5.82 Å². The van der Waals surface area contributed by atoms with Gasteiger partial charge in [0.25, 0.3) is 11.8 Å². The molecular weight excluding hydrogens is 477 g/mol. The number of carbonyl (C=O) groups excluding carboxylic acids is 2. The number of piperidine rings is 1. The highest BCUT2D eigenvalue weighted by molar-refractivity contribution is 5.92. The maximum atomic E-state index is 13.5. The number of carbonyl (C=O) groups is 2. The number of ether oxygens (including phenoxy) is 2. The number of halogens is 1. The summed E-state index contributed by atoms with van der Waals surface area (Å²) < 4.78 is 25.3. The number of amides is 2. The number of anilines is 1. The zero-order chi connectivity index (χ0) is 26.2. The van der Waals surface area contributed by atoms with Crippen molar-refractivity contribution < 1.29 is 23.5 Å². The Labute approximate surface area is 215 Å². The number of benzene rings is 1. The van der Waals surface area contributed by atoms with Crippen LogP contribution in [0.1, 0.15) is 37.8 Å². The summed E-state index contributed by atoms with van der Waals surface area (Å²) in [4.78, 5) is 37.8. The second-order valence-corrected chi connectivity index (χ2v) is 10.2. The first-order valence-electron chi connectivity index (χ1n) is 12.5. The Kier molecular flexibility index (Phi) is 6.84. The summed E-state index contributed by atoms with van der Waals surface area (Å²) in [6, 6.07) is 6.18. The molecule has 2 amide bonds. The molecule has 2 aromatic rings. The number of fused-ring (bicyclic) bond motifs is 1. The SMILES string of the molecule is [C-]#[N+]c1cc(F)ccc1N1CCC(CNC(=O)[C@@H]2OC(C)(C)O[C@H]2C(=O)N2Cc3ccncc3C2)CC1. The van der Waals surface area contributed by atoms with Gasteiger partial charge in [-0.25, -0.2) is 9.24 Å². The van der Waals surface area contributed by atoms with Crippen LogP contribution in [0.4, 0.5) is 15.8 Å². The molecule has 3 aliphatic heterocycles. The smallest absolute Gasteiger partial charge is 0.255 e. The molecule has 1 aromatic carbocycles. The zero-order valence-electron chi connectivity index (χ0n) is 20.9. The van der Waals surface area contributed by atoms with Gasteiger partial charge in [0.05, 0.1) is 6.57 Å². The number of hydrogen-bond donors (Lipinski definition) is 1. The molecule has 0 aliphatic carbocycles. The molecule has 0 bridgehead atoms. The Morgan fingerprint density at radius 3 is 2.62 bits per heavy atom. The molecule has 0 saturated carbocycles. The number of rotatable bonds is 5. The molecule has 3 aliphatic rings. The molecule has 2 saturated heterocycles. The fraction of sp³-hybridized carbons (Fsp3) is 0.481. The molecule has 4 heterocycles. The van der Waals surface area contributed by atoms with Crippen molar-refractivity contribution in [1.29, 1.82) is 0 Å². The predicted molar refractivity (Wildman–Crippen MR) is 133 cm³/mol. The Hall–Kier alpha value is -3.55. The second kappa shape index (κ2) is 10.1. The third kappa shape index (κ3) is 5.29. The monoisotopic (exact) mass is 507 g/mol. The molecule has 0 spiro atoms. The van der Waals surface area contributed by atoms with Crippen molar-refractivity contribution in [3.63, 3.8) is 0 Å². The molecule has 2 fully saturated rings. The van der Waals surface area contributed by atoms with E-state index in [2.05, 4.69) is 20.0 Å². The molecule has 194 valence electrons. The quantitative estimate of drug-likeness (QED) is 0.626. The van der Waals surface area contributed by atoms with Gasteiger partial charge in [0, 0.05) is 50.8 Å². The fourth-order valence-corrected chi connectivity index (χ4v) is 5.27. The number of pyridine rings is 1. The van der Waals surface area contributed by atoms with Gasteiger partial charge in [0.2, 0.25) is 5.69 Å². The van der Waals surface area contributed by atoms with Gasteiger partial charge in [-0.05, 0) is 68.0 Å². The largest absolute Gasteiger partial charge is 0.380 e. The predicted octanol–water partition coefficient (Wildman–Crippen LogP) is 3.17. The van der Waals surface area contributed by atoms with E-state index < -0.39 is 23.8 Å². The van der Waals surface area contributed by atoms with Gasteiger partial charge in [-0.2, -0.15) is 0 Å². The van der Waals surface area contributed by atoms with E-state index >= 15 is 0 Å². The van der Waals surface area contributed by atoms with E-state index in [-0.39, 0.29) is 17.7 Å². The third-order valence-electron chi connectivity index (χ3n) is 7.22. The molecule has 1 N–H and O–H groups in total. The average Bonchev–Trinajstić information content (AvgIpc) is 3.47. The summed E-state index contributed by atoms with van der Waals surface area (Å²) in [7, 11) is 0. The van der Waals surface area contributed by atoms with Crippen LogP contribution in [-0.2, 0) is 32.2 Å². The first-order chi connectivity index (χ1) is 17.7. The first-order valence-corrected chi connectivity index (χ1v) is 12.5. The minimum Gasteiger partial charge on any atom is -0.380 e. The molecule has 37 heavy (non-hydrogen) atoms. The zero-order valence-corrected chi connectivity index (χ0v) is 20.9. The lowest BCUT2D eigenvalue weighted by Gasteiger charge is -2.34. The molecule has 0 radical (unpaired) electrons. The second-order valence-electron chi connectivity index (χ2n) is 10.2. The summed E-state index contributed by atoms with van der Waals surface area (Å²) in [5.41, 5.74) is 3.07. The maximum absolute atomic E-state index is 13.5. The lowest BCUT2D eigenvalue weighted by molar-refractivity contribution is -0.163. The number of nitrogens with zero attached hydrogens (tertiary/aromatic N) is 4. The van der Waals surface area contributed by atoms with Crippen LogP contribution in [0.5, 0.6) is 0 Å². The summed E-state index contributed by atoms with van der Waals surface area (Å²) in [6.07, 6.45) is 3.02. The molecule has 10 heteroatoms. The van der Waals surface area contributed by atoms with E-state index in [4.69, 9.17) is 16.0 Å². The minimum absolute atomic E-state index is 0.238. The fourth-order valence-electron chi connectivity index (χ4n) is 5.27. The van der Waals surface area contributed by atoms with Crippen LogP contribution in [0, 0.1) is 18.3 Å². The van der Waals surface area contributed by atoms with Crippen molar-refractivity contribution >= 4 is 23.2 Å². The van der Waals surface area contributed by atoms with Gasteiger partial charge < -0.3 is 24.6 Å². The Balaban J connectivity index is 1.16. The lowest BCUT2D eigenvalue weighted by Crippen LogP contribution is -2.49. The van der Waals surface area contributed by atoms with E-state index in [1.165, 1.54) is 12.1 Å². The van der Waals surface area contributed by atoms with Gasteiger partial charge in [0.15, 0.2) is 18.0 Å². The van der Waals surface area contributed by atoms with Crippen LogP contribution in [0.25, 0.3) is 4.85 Å². The van der Waals surface area contributed by atoms with Crippen LogP contribution in [0.15, 0.2) is 36.7 Å². The van der Waals surface area contributed by atoms with E-state index in [0.29, 0.717) is 38.4 Å². The number of nitrogens with one attached hydrogen (secondary N) is 1. The van der Waals surface area contributed by atoms with Crippen LogP contribution < -0.4 is 10.2 Å². The van der Waals surface area contributed by atoms with E-state index in [0.717, 1.165) is 29.7 Å². The summed E-state index contributed by atoms with van der Waals surface area (Å²) in [6.45, 7) is 13.5. The topological polar surface area (TPSA) is 88.4 Å². The standard InChI is InChI=1S/C27H30FN5O4/c1-27(2)36-23(24(37-27)26(35)33-15-18-6-9-30-14-19(18)16-33)25(34)31-13-17-7-10-32(11-8-17)22-5-4-20(28)12-21(22)29-3/h4-6,9,12,14,17,23-24H,7-8,10-11,13,15-16H2,1-2H3,(H,31,34)/t23-,24-/m1/s1.